The van der Waals surface area contributed by atoms with Gasteiger partial charge in [0, 0.05) is 20.0 Å². The van der Waals surface area contributed by atoms with Crippen LogP contribution in [0.4, 0.5) is 8.78 Å². The molecule has 29 heavy (non-hydrogen) atoms. The molecule has 0 aliphatic rings. The van der Waals surface area contributed by atoms with Crippen molar-refractivity contribution in [1.82, 2.24) is 4.90 Å². The van der Waals surface area contributed by atoms with Crippen LogP contribution in [0.15, 0.2) is 48.5 Å². The van der Waals surface area contributed by atoms with Crippen LogP contribution in [0.3, 0.4) is 0 Å². The first-order valence-corrected chi connectivity index (χ1v) is 8.93. The number of halogens is 2. The molecule has 0 bridgehead atoms. The summed E-state index contributed by atoms with van der Waals surface area (Å²) in [6, 6.07) is 13.3. The van der Waals surface area contributed by atoms with E-state index < -0.39 is 12.6 Å². The van der Waals surface area contributed by atoms with Gasteiger partial charge in [0.15, 0.2) is 6.61 Å². The molecule has 2 aromatic carbocycles. The first-order chi connectivity index (χ1) is 13.9. The zero-order valence-corrected chi connectivity index (χ0v) is 16.3. The predicted molar refractivity (Wildman–Crippen MR) is 102 cm³/mol. The summed E-state index contributed by atoms with van der Waals surface area (Å²) in [4.78, 5) is 25.4. The van der Waals surface area contributed by atoms with E-state index >= 15 is 0 Å². The van der Waals surface area contributed by atoms with Crippen LogP contribution >= 0.6 is 0 Å². The molecule has 0 atom stereocenters. The number of benzene rings is 2. The summed E-state index contributed by atoms with van der Waals surface area (Å²) in [7, 11) is 3.15. The second kappa shape index (κ2) is 11.0. The summed E-state index contributed by atoms with van der Waals surface area (Å²) in [5.74, 6) is -0.0450. The van der Waals surface area contributed by atoms with Gasteiger partial charge in [-0.25, -0.2) is 0 Å². The number of amides is 1. The molecule has 0 N–H and O–H groups in total. The maximum absolute atomic E-state index is 12.1. The van der Waals surface area contributed by atoms with Crippen LogP contribution in [-0.4, -0.2) is 44.2 Å². The topological polar surface area (TPSA) is 65.1 Å². The number of aryl methyl sites for hydroxylation is 1. The number of ether oxygens (including phenoxy) is 3. The Labute approximate surface area is 168 Å². The molecule has 0 aliphatic carbocycles. The summed E-state index contributed by atoms with van der Waals surface area (Å²) < 4.78 is 38.7. The number of carbonyl (C=O) groups is 2. The first-order valence-electron chi connectivity index (χ1n) is 8.93. The average molecular weight is 407 g/mol. The van der Waals surface area contributed by atoms with Crippen LogP contribution < -0.4 is 9.47 Å². The maximum atomic E-state index is 12.1. The summed E-state index contributed by atoms with van der Waals surface area (Å²) in [5.41, 5.74) is 1.69. The van der Waals surface area contributed by atoms with Gasteiger partial charge in [-0.15, -0.1) is 0 Å². The van der Waals surface area contributed by atoms with E-state index in [1.54, 1.807) is 26.3 Å². The highest BCUT2D eigenvalue weighted by atomic mass is 19.3. The fourth-order valence-corrected chi connectivity index (χ4v) is 2.50. The summed E-state index contributed by atoms with van der Waals surface area (Å²) in [6.45, 7) is -2.99. The van der Waals surface area contributed by atoms with Gasteiger partial charge < -0.3 is 19.1 Å². The Bertz CT molecular complexity index is 794. The van der Waals surface area contributed by atoms with Crippen LogP contribution in [0.25, 0.3) is 0 Å². The molecular weight excluding hydrogens is 384 g/mol. The van der Waals surface area contributed by atoms with E-state index in [1.807, 2.05) is 24.3 Å². The van der Waals surface area contributed by atoms with Crippen molar-refractivity contribution in [2.24, 2.45) is 0 Å². The Morgan fingerprint density at radius 2 is 1.55 bits per heavy atom. The van der Waals surface area contributed by atoms with Gasteiger partial charge in [0.25, 0.3) is 5.91 Å². The Kier molecular flexibility index (Phi) is 8.39. The third-order valence-electron chi connectivity index (χ3n) is 4.13. The van der Waals surface area contributed by atoms with Gasteiger partial charge >= 0.3 is 12.6 Å². The zero-order chi connectivity index (χ0) is 21.2. The van der Waals surface area contributed by atoms with Crippen molar-refractivity contribution in [2.45, 2.75) is 26.0 Å². The van der Waals surface area contributed by atoms with Crippen molar-refractivity contribution in [2.75, 3.05) is 20.8 Å². The zero-order valence-electron chi connectivity index (χ0n) is 16.3. The van der Waals surface area contributed by atoms with Gasteiger partial charge in [-0.05, 0) is 41.8 Å². The lowest BCUT2D eigenvalue weighted by atomic mass is 10.1. The van der Waals surface area contributed by atoms with Crippen molar-refractivity contribution >= 4 is 11.9 Å². The van der Waals surface area contributed by atoms with Gasteiger partial charge in [-0.2, -0.15) is 8.78 Å². The highest BCUT2D eigenvalue weighted by molar-refractivity contribution is 5.80. The summed E-state index contributed by atoms with van der Waals surface area (Å²) in [5, 5.41) is 0. The number of rotatable bonds is 10. The second-order valence-corrected chi connectivity index (χ2v) is 6.28. The largest absolute Gasteiger partial charge is 0.497 e. The van der Waals surface area contributed by atoms with Crippen molar-refractivity contribution in [3.05, 3.63) is 59.7 Å². The molecule has 0 radical (unpaired) electrons. The van der Waals surface area contributed by atoms with Crippen molar-refractivity contribution in [3.63, 3.8) is 0 Å². The van der Waals surface area contributed by atoms with E-state index in [0.29, 0.717) is 6.42 Å². The monoisotopic (exact) mass is 407 g/mol. The Hall–Kier alpha value is -3.16. The van der Waals surface area contributed by atoms with Crippen LogP contribution in [0.2, 0.25) is 0 Å². The molecule has 0 saturated carbocycles. The van der Waals surface area contributed by atoms with Gasteiger partial charge in [-0.3, -0.25) is 9.59 Å². The molecule has 0 saturated heterocycles. The Balaban J connectivity index is 1.72. The third kappa shape index (κ3) is 7.77. The molecule has 0 aliphatic heterocycles. The predicted octanol–water partition coefficient (Wildman–Crippen LogP) is 3.43. The van der Waals surface area contributed by atoms with Crippen LogP contribution in [0, 0.1) is 0 Å². The third-order valence-corrected chi connectivity index (χ3v) is 4.13. The van der Waals surface area contributed by atoms with Gasteiger partial charge in [-0.1, -0.05) is 24.3 Å². The van der Waals surface area contributed by atoms with Crippen LogP contribution in [0.5, 0.6) is 11.5 Å². The maximum Gasteiger partial charge on any atom is 0.387 e. The standard InChI is InChI=1S/C21H23F2NO5/c1-24(13-16-5-10-18(11-6-16)29-21(22)23)19(25)14-28-20(26)12-7-15-3-8-17(27-2)9-4-15/h3-6,8-11,21H,7,12-14H2,1-2H3. The fraction of sp³-hybridized carbons (Fsp3) is 0.333. The molecule has 0 unspecified atom stereocenters. The lowest BCUT2D eigenvalue weighted by molar-refractivity contribution is -0.151. The number of likely N-dealkylation sites (N-methyl/N-ethyl adjacent to an activating group) is 1. The summed E-state index contributed by atoms with van der Waals surface area (Å²) in [6.07, 6.45) is 0.662. The number of alkyl halides is 2. The lowest BCUT2D eigenvalue weighted by Crippen LogP contribution is -2.30. The quantitative estimate of drug-likeness (QED) is 0.565. The molecular formula is C21H23F2NO5. The Morgan fingerprint density at radius 3 is 2.14 bits per heavy atom. The molecule has 2 rings (SSSR count). The smallest absolute Gasteiger partial charge is 0.387 e. The highest BCUT2D eigenvalue weighted by Crippen LogP contribution is 2.16. The minimum absolute atomic E-state index is 0.0449. The summed E-state index contributed by atoms with van der Waals surface area (Å²) >= 11 is 0. The van der Waals surface area contributed by atoms with E-state index in [-0.39, 0.29) is 31.2 Å². The van der Waals surface area contributed by atoms with Crippen LogP contribution in [-0.2, 0) is 27.3 Å². The number of hydrogen-bond acceptors (Lipinski definition) is 5. The SMILES string of the molecule is COc1ccc(CCC(=O)OCC(=O)N(C)Cc2ccc(OC(F)F)cc2)cc1. The minimum atomic E-state index is -2.88. The molecule has 156 valence electrons. The van der Waals surface area contributed by atoms with Gasteiger partial charge in [0.2, 0.25) is 0 Å². The second-order valence-electron chi connectivity index (χ2n) is 6.28. The van der Waals surface area contributed by atoms with E-state index in [0.717, 1.165) is 16.9 Å². The van der Waals surface area contributed by atoms with Gasteiger partial charge in [0.1, 0.15) is 11.5 Å². The first kappa shape index (κ1) is 22.1. The molecule has 6 nitrogen and oxygen atoms in total. The molecule has 0 heterocycles. The average Bonchev–Trinajstić information content (AvgIpc) is 2.71. The normalized spacial score (nSPS) is 10.5. The number of methoxy groups -OCH3 is 1. The number of carbonyl (C=O) groups excluding carboxylic acids is 2. The van der Waals surface area contributed by atoms with Crippen molar-refractivity contribution in [3.8, 4) is 11.5 Å². The molecule has 0 spiro atoms. The van der Waals surface area contributed by atoms with E-state index in [2.05, 4.69) is 4.74 Å². The molecule has 8 heteroatoms. The van der Waals surface area contributed by atoms with E-state index in [9.17, 15) is 18.4 Å². The number of hydrogen-bond donors (Lipinski definition) is 0. The lowest BCUT2D eigenvalue weighted by Gasteiger charge is -2.17. The number of esters is 1. The fourth-order valence-electron chi connectivity index (χ4n) is 2.50. The van der Waals surface area contributed by atoms with Gasteiger partial charge in [0.05, 0.1) is 7.11 Å². The molecule has 1 amide bonds. The van der Waals surface area contributed by atoms with Crippen molar-refractivity contribution < 1.29 is 32.6 Å². The molecule has 2 aromatic rings. The molecule has 0 fully saturated rings. The van der Waals surface area contributed by atoms with Crippen molar-refractivity contribution in [1.29, 1.82) is 0 Å². The Morgan fingerprint density at radius 1 is 0.966 bits per heavy atom. The highest BCUT2D eigenvalue weighted by Gasteiger charge is 2.13. The van der Waals surface area contributed by atoms with E-state index in [4.69, 9.17) is 9.47 Å². The minimum Gasteiger partial charge on any atom is -0.497 e. The molecule has 0 aromatic heterocycles. The van der Waals surface area contributed by atoms with E-state index in [1.165, 1.54) is 17.0 Å². The van der Waals surface area contributed by atoms with Crippen LogP contribution in [0.1, 0.15) is 17.5 Å². The number of nitrogens with zero attached hydrogens (tertiary/aromatic N) is 1.